The van der Waals surface area contributed by atoms with E-state index in [4.69, 9.17) is 11.6 Å². The van der Waals surface area contributed by atoms with Gasteiger partial charge in [0, 0.05) is 32.4 Å². The lowest BCUT2D eigenvalue weighted by Crippen LogP contribution is -2.08. The zero-order valence-electron chi connectivity index (χ0n) is 11.7. The fourth-order valence-corrected chi connectivity index (χ4v) is 2.81. The lowest BCUT2D eigenvalue weighted by atomic mass is 10.2. The maximum atomic E-state index is 6.04. The van der Waals surface area contributed by atoms with Crippen LogP contribution in [0, 0.1) is 6.92 Å². The molecule has 2 heterocycles. The summed E-state index contributed by atoms with van der Waals surface area (Å²) < 4.78 is 4.26. The molecule has 0 amide bonds. The first-order valence-electron chi connectivity index (χ1n) is 6.67. The Labute approximate surface area is 123 Å². The highest BCUT2D eigenvalue weighted by Crippen LogP contribution is 2.21. The van der Waals surface area contributed by atoms with Crippen LogP contribution < -0.4 is 0 Å². The first-order chi connectivity index (χ1) is 9.70. The molecule has 0 unspecified atom stereocenters. The Hall–Kier alpha value is -1.81. The highest BCUT2D eigenvalue weighted by atomic mass is 35.5. The van der Waals surface area contributed by atoms with E-state index in [1.807, 2.05) is 36.1 Å². The van der Waals surface area contributed by atoms with Gasteiger partial charge in [0.05, 0.1) is 16.9 Å². The van der Waals surface area contributed by atoms with Crippen molar-refractivity contribution in [1.29, 1.82) is 0 Å². The van der Waals surface area contributed by atoms with Gasteiger partial charge in [-0.2, -0.15) is 0 Å². The Morgan fingerprint density at radius 1 is 1.25 bits per heavy atom. The average Bonchev–Trinajstić information content (AvgIpc) is 3.00. The molecular weight excluding hydrogens is 272 g/mol. The maximum Gasteiger partial charge on any atom is 0.124 e. The number of halogens is 1. The Morgan fingerprint density at radius 3 is 2.80 bits per heavy atom. The van der Waals surface area contributed by atoms with E-state index >= 15 is 0 Å². The van der Waals surface area contributed by atoms with Crippen LogP contribution in [-0.4, -0.2) is 19.1 Å². The molecule has 0 fully saturated rings. The fraction of sp³-hybridized carbons (Fsp3) is 0.333. The van der Waals surface area contributed by atoms with Crippen LogP contribution in [0.25, 0.3) is 11.0 Å². The number of nitrogens with zero attached hydrogens (tertiary/aromatic N) is 4. The highest BCUT2D eigenvalue weighted by molar-refractivity contribution is 6.16. The summed E-state index contributed by atoms with van der Waals surface area (Å²) in [6.07, 6.45) is 4.66. The molecule has 104 valence electrons. The van der Waals surface area contributed by atoms with E-state index in [2.05, 4.69) is 27.5 Å². The van der Waals surface area contributed by atoms with Crippen LogP contribution in [0.2, 0.25) is 0 Å². The molecular formula is C15H17ClN4. The van der Waals surface area contributed by atoms with Crippen LogP contribution in [0.1, 0.15) is 17.2 Å². The zero-order valence-corrected chi connectivity index (χ0v) is 12.4. The minimum atomic E-state index is 0.425. The standard InChI is InChI=1S/C15H17ClN4/c1-11-4-3-5-12-15(11)20(14(10-16)18-12)8-6-13-17-7-9-19(13)2/h3-5,7,9H,6,8,10H2,1-2H3. The first-order valence-corrected chi connectivity index (χ1v) is 7.21. The molecule has 0 aliphatic heterocycles. The summed E-state index contributed by atoms with van der Waals surface area (Å²) in [5, 5.41) is 0. The molecule has 4 nitrogen and oxygen atoms in total. The topological polar surface area (TPSA) is 35.6 Å². The fourth-order valence-electron chi connectivity index (χ4n) is 2.61. The van der Waals surface area contributed by atoms with Gasteiger partial charge in [0.25, 0.3) is 0 Å². The molecule has 0 bridgehead atoms. The third-order valence-corrected chi connectivity index (χ3v) is 3.89. The number of fused-ring (bicyclic) bond motifs is 1. The van der Waals surface area contributed by atoms with E-state index in [9.17, 15) is 0 Å². The Bertz CT molecular complexity index is 741. The zero-order chi connectivity index (χ0) is 14.1. The Kier molecular flexibility index (Phi) is 3.49. The molecule has 3 aromatic rings. The number of benzene rings is 1. The van der Waals surface area contributed by atoms with Gasteiger partial charge in [0.2, 0.25) is 0 Å². The number of para-hydroxylation sites is 1. The summed E-state index contributed by atoms with van der Waals surface area (Å²) in [7, 11) is 2.02. The van der Waals surface area contributed by atoms with Gasteiger partial charge < -0.3 is 9.13 Å². The number of hydrogen-bond donors (Lipinski definition) is 0. The van der Waals surface area contributed by atoms with E-state index in [1.54, 1.807) is 0 Å². The monoisotopic (exact) mass is 288 g/mol. The largest absolute Gasteiger partial charge is 0.338 e. The van der Waals surface area contributed by atoms with Crippen molar-refractivity contribution in [3.63, 3.8) is 0 Å². The summed E-state index contributed by atoms with van der Waals surface area (Å²) in [6.45, 7) is 2.95. The lowest BCUT2D eigenvalue weighted by Gasteiger charge is -2.09. The van der Waals surface area contributed by atoms with Crippen LogP contribution in [0.3, 0.4) is 0 Å². The molecule has 0 saturated carbocycles. The summed E-state index contributed by atoms with van der Waals surface area (Å²) in [5.74, 6) is 2.42. The van der Waals surface area contributed by atoms with Gasteiger partial charge in [-0.15, -0.1) is 11.6 Å². The van der Waals surface area contributed by atoms with E-state index < -0.39 is 0 Å². The second-order valence-electron chi connectivity index (χ2n) is 4.96. The molecule has 1 aromatic carbocycles. The van der Waals surface area contributed by atoms with Gasteiger partial charge in [0.1, 0.15) is 11.6 Å². The molecule has 5 heteroatoms. The van der Waals surface area contributed by atoms with Crippen molar-refractivity contribution in [1.82, 2.24) is 19.1 Å². The van der Waals surface area contributed by atoms with Crippen molar-refractivity contribution >= 4 is 22.6 Å². The Balaban J connectivity index is 1.99. The van der Waals surface area contributed by atoms with Gasteiger partial charge in [-0.3, -0.25) is 0 Å². The second-order valence-corrected chi connectivity index (χ2v) is 5.23. The molecule has 0 aliphatic carbocycles. The van der Waals surface area contributed by atoms with Gasteiger partial charge in [-0.05, 0) is 18.6 Å². The van der Waals surface area contributed by atoms with Crippen LogP contribution in [0.5, 0.6) is 0 Å². The quantitative estimate of drug-likeness (QED) is 0.692. The molecule has 0 atom stereocenters. The highest BCUT2D eigenvalue weighted by Gasteiger charge is 2.12. The van der Waals surface area contributed by atoms with E-state index in [1.165, 1.54) is 11.1 Å². The third-order valence-electron chi connectivity index (χ3n) is 3.65. The van der Waals surface area contributed by atoms with Gasteiger partial charge >= 0.3 is 0 Å². The molecule has 0 radical (unpaired) electrons. The number of alkyl halides is 1. The molecule has 0 aliphatic rings. The third kappa shape index (κ3) is 2.20. The lowest BCUT2D eigenvalue weighted by molar-refractivity contribution is 0.645. The SMILES string of the molecule is Cc1cccc2nc(CCl)n(CCc3nccn3C)c12. The summed E-state index contributed by atoms with van der Waals surface area (Å²) >= 11 is 6.04. The van der Waals surface area contributed by atoms with Crippen molar-refractivity contribution in [3.8, 4) is 0 Å². The smallest absolute Gasteiger partial charge is 0.124 e. The van der Waals surface area contributed by atoms with E-state index in [-0.39, 0.29) is 0 Å². The predicted octanol–water partition coefficient (Wildman–Crippen LogP) is 3.06. The average molecular weight is 289 g/mol. The van der Waals surface area contributed by atoms with Gasteiger partial charge in [-0.1, -0.05) is 12.1 Å². The van der Waals surface area contributed by atoms with Crippen molar-refractivity contribution < 1.29 is 0 Å². The molecule has 0 N–H and O–H groups in total. The van der Waals surface area contributed by atoms with E-state index in [0.29, 0.717) is 5.88 Å². The molecule has 20 heavy (non-hydrogen) atoms. The van der Waals surface area contributed by atoms with Crippen LogP contribution in [0.15, 0.2) is 30.6 Å². The molecule has 0 spiro atoms. The number of aryl methyl sites for hydroxylation is 4. The number of rotatable bonds is 4. The minimum Gasteiger partial charge on any atom is -0.338 e. The first kappa shape index (κ1) is 13.2. The summed E-state index contributed by atoms with van der Waals surface area (Å²) in [5.41, 5.74) is 3.42. The van der Waals surface area contributed by atoms with Crippen molar-refractivity contribution in [2.24, 2.45) is 7.05 Å². The molecule has 3 rings (SSSR count). The van der Waals surface area contributed by atoms with E-state index in [0.717, 1.165) is 30.1 Å². The number of hydrogen-bond acceptors (Lipinski definition) is 2. The summed E-state index contributed by atoms with van der Waals surface area (Å²) in [6, 6.07) is 6.18. The van der Waals surface area contributed by atoms with Crippen molar-refractivity contribution in [3.05, 3.63) is 47.8 Å². The van der Waals surface area contributed by atoms with Crippen molar-refractivity contribution in [2.75, 3.05) is 0 Å². The Morgan fingerprint density at radius 2 is 2.10 bits per heavy atom. The molecule has 2 aromatic heterocycles. The summed E-state index contributed by atoms with van der Waals surface area (Å²) in [4.78, 5) is 8.99. The van der Waals surface area contributed by atoms with Crippen LogP contribution in [-0.2, 0) is 25.9 Å². The van der Waals surface area contributed by atoms with Gasteiger partial charge in [0.15, 0.2) is 0 Å². The second kappa shape index (κ2) is 5.29. The normalized spacial score (nSPS) is 11.3. The van der Waals surface area contributed by atoms with Crippen LogP contribution in [0.4, 0.5) is 0 Å². The van der Waals surface area contributed by atoms with Crippen LogP contribution >= 0.6 is 11.6 Å². The minimum absolute atomic E-state index is 0.425. The molecule has 0 saturated heterocycles. The maximum absolute atomic E-state index is 6.04. The number of aromatic nitrogens is 4. The van der Waals surface area contributed by atoms with Gasteiger partial charge in [-0.25, -0.2) is 9.97 Å². The van der Waals surface area contributed by atoms with Crippen molar-refractivity contribution in [2.45, 2.75) is 25.8 Å². The predicted molar refractivity (Wildman–Crippen MR) is 80.9 cm³/mol. The number of imidazole rings is 2.